The van der Waals surface area contributed by atoms with Crippen molar-refractivity contribution in [1.82, 2.24) is 0 Å². The van der Waals surface area contributed by atoms with Gasteiger partial charge in [0.1, 0.15) is 19.3 Å². The second-order valence-corrected chi connectivity index (χ2v) is 15.4. The van der Waals surface area contributed by atoms with Crippen molar-refractivity contribution in [1.29, 1.82) is 0 Å². The fourth-order valence-electron chi connectivity index (χ4n) is 4.95. The summed E-state index contributed by atoms with van der Waals surface area (Å²) in [7, 11) is 1.65. The molecular formula is C39H75NO7P+. The highest BCUT2D eigenvalue weighted by molar-refractivity contribution is 7.47. The average Bonchev–Trinajstić information content (AvgIpc) is 3.04. The van der Waals surface area contributed by atoms with Gasteiger partial charge in [0, 0.05) is 13.0 Å². The number of hydrogen-bond donors (Lipinski definition) is 1. The van der Waals surface area contributed by atoms with E-state index in [0.717, 1.165) is 25.7 Å². The highest BCUT2D eigenvalue weighted by atomic mass is 31.2. The Bertz CT molecular complexity index is 869. The zero-order valence-corrected chi connectivity index (χ0v) is 32.6. The molecule has 0 rings (SSSR count). The molecule has 0 aromatic carbocycles. The lowest BCUT2D eigenvalue weighted by atomic mass is 10.1. The molecule has 0 aliphatic rings. The second kappa shape index (κ2) is 32.9. The predicted octanol–water partition coefficient (Wildman–Crippen LogP) is 10.7. The molecule has 0 fully saturated rings. The van der Waals surface area contributed by atoms with Gasteiger partial charge in [-0.1, -0.05) is 134 Å². The van der Waals surface area contributed by atoms with E-state index in [2.05, 4.69) is 43.4 Å². The highest BCUT2D eigenvalue weighted by Crippen LogP contribution is 2.43. The van der Waals surface area contributed by atoms with Gasteiger partial charge in [-0.25, -0.2) is 4.57 Å². The van der Waals surface area contributed by atoms with Crippen LogP contribution in [-0.4, -0.2) is 75.6 Å². The molecule has 282 valence electrons. The summed E-state index contributed by atoms with van der Waals surface area (Å²) in [6.45, 7) is 5.03. The third-order valence-corrected chi connectivity index (χ3v) is 8.99. The molecule has 8 nitrogen and oxygen atoms in total. The molecule has 0 saturated heterocycles. The van der Waals surface area contributed by atoms with Gasteiger partial charge in [-0.05, 0) is 44.9 Å². The second-order valence-electron chi connectivity index (χ2n) is 13.9. The van der Waals surface area contributed by atoms with Crippen molar-refractivity contribution in [2.75, 3.05) is 54.1 Å². The van der Waals surface area contributed by atoms with Crippen molar-refractivity contribution in [2.24, 2.45) is 0 Å². The van der Waals surface area contributed by atoms with E-state index in [9.17, 15) is 14.3 Å². The minimum atomic E-state index is -4.23. The lowest BCUT2D eigenvalue weighted by Crippen LogP contribution is -2.37. The van der Waals surface area contributed by atoms with Gasteiger partial charge in [0.2, 0.25) is 0 Å². The standard InChI is InChI=1S/C39H74NO7P/c1-6-8-9-10-11-12-13-14-15-16-17-18-19-20-21-22-23-24-25-26-27-28-29-30-31-32-34-44-36-38(47-39(41)7-2)37-46-48(42,43)45-35-33-40(3,4)5/h13-14,16-17,19-20,38H,6-12,15,18,21-37H2,1-5H3/p+1/b14-13-,17-16-,20-19-. The first kappa shape index (κ1) is 46.7. The van der Waals surface area contributed by atoms with Crippen LogP contribution in [0.4, 0.5) is 0 Å². The van der Waals surface area contributed by atoms with Crippen molar-refractivity contribution >= 4 is 13.8 Å². The van der Waals surface area contributed by atoms with Gasteiger partial charge in [0.05, 0.1) is 34.4 Å². The van der Waals surface area contributed by atoms with E-state index in [1.54, 1.807) is 6.92 Å². The predicted molar refractivity (Wildman–Crippen MR) is 201 cm³/mol. The quantitative estimate of drug-likeness (QED) is 0.0231. The summed E-state index contributed by atoms with van der Waals surface area (Å²) in [6.07, 6.45) is 38.4. The van der Waals surface area contributed by atoms with Gasteiger partial charge in [-0.15, -0.1) is 0 Å². The van der Waals surface area contributed by atoms with E-state index in [1.807, 2.05) is 21.1 Å². The van der Waals surface area contributed by atoms with E-state index in [4.69, 9.17) is 18.5 Å². The lowest BCUT2D eigenvalue weighted by molar-refractivity contribution is -0.870. The number of nitrogens with zero attached hydrogens (tertiary/aromatic N) is 1. The monoisotopic (exact) mass is 701 g/mol. The number of esters is 1. The number of likely N-dealkylation sites (N-methyl/N-ethyl adjacent to an activating group) is 1. The van der Waals surface area contributed by atoms with Crippen LogP contribution in [0.5, 0.6) is 0 Å². The molecule has 2 unspecified atom stereocenters. The van der Waals surface area contributed by atoms with Crippen molar-refractivity contribution in [3.8, 4) is 0 Å². The first-order valence-electron chi connectivity index (χ1n) is 19.2. The number of quaternary nitrogens is 1. The Hall–Kier alpha value is -1.28. The van der Waals surface area contributed by atoms with Crippen LogP contribution < -0.4 is 0 Å². The number of hydrogen-bond acceptors (Lipinski definition) is 6. The van der Waals surface area contributed by atoms with Gasteiger partial charge in [-0.3, -0.25) is 13.8 Å². The van der Waals surface area contributed by atoms with E-state index in [1.165, 1.54) is 103 Å². The molecule has 0 spiro atoms. The first-order valence-corrected chi connectivity index (χ1v) is 20.7. The van der Waals surface area contributed by atoms with Crippen molar-refractivity contribution in [3.63, 3.8) is 0 Å². The molecule has 9 heteroatoms. The van der Waals surface area contributed by atoms with Crippen molar-refractivity contribution in [3.05, 3.63) is 36.5 Å². The summed E-state index contributed by atoms with van der Waals surface area (Å²) in [5.41, 5.74) is 0. The van der Waals surface area contributed by atoms with Crippen molar-refractivity contribution in [2.45, 2.75) is 155 Å². The molecular weight excluding hydrogens is 625 g/mol. The lowest BCUT2D eigenvalue weighted by Gasteiger charge is -2.24. The van der Waals surface area contributed by atoms with Gasteiger partial charge in [0.25, 0.3) is 0 Å². The average molecular weight is 701 g/mol. The third kappa shape index (κ3) is 36.0. The molecule has 0 aromatic heterocycles. The summed E-state index contributed by atoms with van der Waals surface area (Å²) in [5, 5.41) is 0. The number of unbranched alkanes of at least 4 members (excludes halogenated alkanes) is 16. The fraction of sp³-hybridized carbons (Fsp3) is 0.821. The molecule has 0 aromatic rings. The van der Waals surface area contributed by atoms with Gasteiger partial charge >= 0.3 is 13.8 Å². The maximum Gasteiger partial charge on any atom is 0.472 e. The van der Waals surface area contributed by atoms with Crippen LogP contribution in [0.15, 0.2) is 36.5 Å². The molecule has 1 N–H and O–H groups in total. The van der Waals surface area contributed by atoms with Gasteiger partial charge < -0.3 is 18.9 Å². The van der Waals surface area contributed by atoms with Gasteiger partial charge in [0.15, 0.2) is 0 Å². The molecule has 0 heterocycles. The smallest absolute Gasteiger partial charge is 0.457 e. The molecule has 0 amide bonds. The molecule has 0 radical (unpaired) electrons. The number of carbonyl (C=O) groups is 1. The van der Waals surface area contributed by atoms with E-state index < -0.39 is 19.9 Å². The summed E-state index contributed by atoms with van der Waals surface area (Å²) in [5.74, 6) is -0.403. The third-order valence-electron chi connectivity index (χ3n) is 8.01. The van der Waals surface area contributed by atoms with Crippen LogP contribution >= 0.6 is 7.82 Å². The fourth-order valence-corrected chi connectivity index (χ4v) is 5.69. The SMILES string of the molecule is CCCCCCC/C=C\C/C=C\C/C=C\CCCCCCCCCCCCCOCC(COP(=O)(O)OCC[N+](C)(C)C)OC(=O)CC. The van der Waals surface area contributed by atoms with Crippen LogP contribution in [0.1, 0.15) is 149 Å². The number of carbonyl (C=O) groups excluding carboxylic acids is 1. The van der Waals surface area contributed by atoms with E-state index in [-0.39, 0.29) is 26.2 Å². The van der Waals surface area contributed by atoms with Crippen molar-refractivity contribution < 1.29 is 37.3 Å². The Morgan fingerprint density at radius 2 is 1.12 bits per heavy atom. The van der Waals surface area contributed by atoms with E-state index in [0.29, 0.717) is 17.6 Å². The van der Waals surface area contributed by atoms with Crippen LogP contribution in [-0.2, 0) is 27.9 Å². The molecule has 2 atom stereocenters. The van der Waals surface area contributed by atoms with E-state index >= 15 is 0 Å². The van der Waals surface area contributed by atoms with Gasteiger partial charge in [-0.2, -0.15) is 0 Å². The number of phosphoric ester groups is 1. The number of rotatable bonds is 35. The summed E-state index contributed by atoms with van der Waals surface area (Å²) >= 11 is 0. The Balaban J connectivity index is 3.68. The van der Waals surface area contributed by atoms with Crippen LogP contribution in [0.2, 0.25) is 0 Å². The minimum absolute atomic E-state index is 0.0853. The zero-order valence-electron chi connectivity index (χ0n) is 31.7. The Labute approximate surface area is 295 Å². The number of ether oxygens (including phenoxy) is 2. The Morgan fingerprint density at radius 3 is 1.62 bits per heavy atom. The van der Waals surface area contributed by atoms with Crippen LogP contribution in [0.3, 0.4) is 0 Å². The molecule has 0 aliphatic heterocycles. The number of phosphoric acid groups is 1. The minimum Gasteiger partial charge on any atom is -0.457 e. The van der Waals surface area contributed by atoms with Crippen LogP contribution in [0, 0.1) is 0 Å². The topological polar surface area (TPSA) is 91.3 Å². The van der Waals surface area contributed by atoms with Crippen LogP contribution in [0.25, 0.3) is 0 Å². The zero-order chi connectivity index (χ0) is 35.6. The largest absolute Gasteiger partial charge is 0.472 e. The maximum absolute atomic E-state index is 12.2. The maximum atomic E-state index is 12.2. The number of allylic oxidation sites excluding steroid dienone is 6. The first-order chi connectivity index (χ1) is 23.1. The Morgan fingerprint density at radius 1 is 0.646 bits per heavy atom. The Kier molecular flexibility index (Phi) is 32.0. The highest BCUT2D eigenvalue weighted by Gasteiger charge is 2.26. The normalized spacial score (nSPS) is 14.4. The molecule has 48 heavy (non-hydrogen) atoms. The summed E-state index contributed by atoms with van der Waals surface area (Å²) < 4.78 is 33.9. The molecule has 0 bridgehead atoms. The molecule has 0 aliphatic carbocycles. The summed E-state index contributed by atoms with van der Waals surface area (Å²) in [6, 6.07) is 0. The molecule has 0 saturated carbocycles. The summed E-state index contributed by atoms with van der Waals surface area (Å²) in [4.78, 5) is 21.7.